The van der Waals surface area contributed by atoms with Gasteiger partial charge < -0.3 is 0 Å². The van der Waals surface area contributed by atoms with Crippen molar-refractivity contribution in [2.75, 3.05) is 0 Å². The third kappa shape index (κ3) is 1.28. The fraction of sp³-hybridized carbons (Fsp3) is 0.300. The van der Waals surface area contributed by atoms with Crippen LogP contribution in [0.1, 0.15) is 5.69 Å². The van der Waals surface area contributed by atoms with E-state index in [-0.39, 0.29) is 0 Å². The van der Waals surface area contributed by atoms with Crippen LogP contribution in [0.15, 0.2) is 24.8 Å². The van der Waals surface area contributed by atoms with Gasteiger partial charge in [-0.2, -0.15) is 4.68 Å². The van der Waals surface area contributed by atoms with Crippen molar-refractivity contribution >= 4 is 0 Å². The van der Waals surface area contributed by atoms with E-state index in [0.29, 0.717) is 0 Å². The fourth-order valence-electron chi connectivity index (χ4n) is 1.46. The van der Waals surface area contributed by atoms with E-state index < -0.39 is 0 Å². The Morgan fingerprint density at radius 3 is 2.79 bits per heavy atom. The summed E-state index contributed by atoms with van der Waals surface area (Å²) in [5.74, 6) is 0. The summed E-state index contributed by atoms with van der Waals surface area (Å²) in [5, 5.41) is 0. The van der Waals surface area contributed by atoms with Crippen molar-refractivity contribution in [1.29, 1.82) is 0 Å². The van der Waals surface area contributed by atoms with Crippen LogP contribution in [-0.2, 0) is 14.1 Å². The Morgan fingerprint density at radius 2 is 2.21 bits per heavy atom. The second-order valence-electron chi connectivity index (χ2n) is 3.32. The Bertz CT molecular complexity index is 459. The first-order chi connectivity index (χ1) is 6.70. The summed E-state index contributed by atoms with van der Waals surface area (Å²) in [7, 11) is 4.02. The molecule has 0 bridgehead atoms. The van der Waals surface area contributed by atoms with Crippen LogP contribution in [-0.4, -0.2) is 14.6 Å². The number of aromatic nitrogens is 4. The number of hydrogen-bond acceptors (Lipinski definition) is 2. The minimum Gasteiger partial charge on any atom is -0.244 e. The van der Waals surface area contributed by atoms with Gasteiger partial charge in [0.1, 0.15) is 12.0 Å². The van der Waals surface area contributed by atoms with Gasteiger partial charge in [-0.05, 0) is 6.92 Å². The van der Waals surface area contributed by atoms with E-state index in [1.165, 1.54) is 0 Å². The first-order valence-corrected chi connectivity index (χ1v) is 4.49. The van der Waals surface area contributed by atoms with Crippen LogP contribution in [0.2, 0.25) is 0 Å². The normalized spacial score (nSPS) is 10.5. The van der Waals surface area contributed by atoms with E-state index in [0.717, 1.165) is 17.0 Å². The lowest BCUT2D eigenvalue weighted by atomic mass is 10.2. The third-order valence-electron chi connectivity index (χ3n) is 2.46. The van der Waals surface area contributed by atoms with Gasteiger partial charge in [0.05, 0.1) is 12.7 Å². The Labute approximate surface area is 82.8 Å². The van der Waals surface area contributed by atoms with Gasteiger partial charge in [0.15, 0.2) is 13.2 Å². The van der Waals surface area contributed by atoms with Crippen molar-refractivity contribution in [3.63, 3.8) is 0 Å². The Kier molecular flexibility index (Phi) is 2.04. The van der Waals surface area contributed by atoms with Crippen LogP contribution in [0, 0.1) is 6.92 Å². The molecule has 2 rings (SSSR count). The summed E-state index contributed by atoms with van der Waals surface area (Å²) in [6, 6.07) is 2.06. The summed E-state index contributed by atoms with van der Waals surface area (Å²) in [6.07, 6.45) is 5.43. The van der Waals surface area contributed by atoms with Crippen LogP contribution in [0.4, 0.5) is 0 Å². The largest absolute Gasteiger partial charge is 0.244 e. The van der Waals surface area contributed by atoms with Gasteiger partial charge in [0, 0.05) is 17.8 Å². The van der Waals surface area contributed by atoms with Gasteiger partial charge in [-0.15, -0.1) is 4.68 Å². The maximum absolute atomic E-state index is 4.17. The van der Waals surface area contributed by atoms with Crippen molar-refractivity contribution in [2.45, 2.75) is 6.92 Å². The lowest BCUT2D eigenvalue weighted by Gasteiger charge is -2.01. The predicted molar refractivity (Wildman–Crippen MR) is 52.4 cm³/mol. The Hall–Kier alpha value is -1.71. The highest BCUT2D eigenvalue weighted by molar-refractivity contribution is 5.59. The molecule has 0 N–H and O–H groups in total. The molecule has 0 aliphatic rings. The van der Waals surface area contributed by atoms with Crippen molar-refractivity contribution in [3.05, 3.63) is 30.5 Å². The van der Waals surface area contributed by atoms with E-state index in [4.69, 9.17) is 0 Å². The zero-order valence-electron chi connectivity index (χ0n) is 8.60. The SMILES string of the molecule is Cc1ncncc1-c1cc[n+](C)n1C. The van der Waals surface area contributed by atoms with Crippen molar-refractivity contribution in [1.82, 2.24) is 14.6 Å². The van der Waals surface area contributed by atoms with Gasteiger partial charge >= 0.3 is 0 Å². The van der Waals surface area contributed by atoms with Crippen molar-refractivity contribution < 1.29 is 4.68 Å². The molecule has 0 atom stereocenters. The molecule has 0 unspecified atom stereocenters. The second-order valence-corrected chi connectivity index (χ2v) is 3.32. The fourth-order valence-corrected chi connectivity index (χ4v) is 1.46. The van der Waals surface area contributed by atoms with Gasteiger partial charge in [-0.1, -0.05) is 0 Å². The number of hydrogen-bond donors (Lipinski definition) is 0. The summed E-state index contributed by atoms with van der Waals surface area (Å²) in [4.78, 5) is 8.21. The molecule has 0 aliphatic carbocycles. The van der Waals surface area contributed by atoms with E-state index in [1.54, 1.807) is 6.33 Å². The summed E-state index contributed by atoms with van der Waals surface area (Å²) >= 11 is 0. The van der Waals surface area contributed by atoms with Crippen molar-refractivity contribution in [2.24, 2.45) is 14.1 Å². The highest BCUT2D eigenvalue weighted by atomic mass is 15.4. The second kappa shape index (κ2) is 3.21. The highest BCUT2D eigenvalue weighted by Crippen LogP contribution is 2.18. The molecule has 0 fully saturated rings. The first kappa shape index (κ1) is 8.87. The molecule has 0 aliphatic heterocycles. The summed E-state index contributed by atoms with van der Waals surface area (Å²) in [5.41, 5.74) is 3.21. The average Bonchev–Trinajstić information content (AvgIpc) is 2.49. The molecule has 0 aromatic carbocycles. The number of rotatable bonds is 1. The van der Waals surface area contributed by atoms with E-state index in [9.17, 15) is 0 Å². The molecule has 0 amide bonds. The maximum Gasteiger partial charge on any atom is 0.196 e. The molecule has 4 heteroatoms. The quantitative estimate of drug-likeness (QED) is 0.616. The lowest BCUT2D eigenvalue weighted by molar-refractivity contribution is -0.750. The minimum absolute atomic E-state index is 1.00. The van der Waals surface area contributed by atoms with Crippen LogP contribution in [0.3, 0.4) is 0 Å². The Morgan fingerprint density at radius 1 is 1.43 bits per heavy atom. The van der Waals surface area contributed by atoms with E-state index in [1.807, 2.05) is 38.1 Å². The van der Waals surface area contributed by atoms with Gasteiger partial charge in [-0.25, -0.2) is 9.97 Å². The molecule has 14 heavy (non-hydrogen) atoms. The third-order valence-corrected chi connectivity index (χ3v) is 2.46. The van der Waals surface area contributed by atoms with Gasteiger partial charge in [0.2, 0.25) is 0 Å². The van der Waals surface area contributed by atoms with E-state index >= 15 is 0 Å². The molecular weight excluding hydrogens is 176 g/mol. The van der Waals surface area contributed by atoms with Gasteiger partial charge in [0.25, 0.3) is 0 Å². The standard InChI is InChI=1S/C10H13N4/c1-8-9(6-11-7-12-8)10-4-5-13(2)14(10)3/h4-7H,1-3H3/q+1. The van der Waals surface area contributed by atoms with Crippen LogP contribution in [0.5, 0.6) is 0 Å². The summed E-state index contributed by atoms with van der Waals surface area (Å²) in [6.45, 7) is 1.99. The maximum atomic E-state index is 4.17. The molecule has 0 saturated carbocycles. The molecular formula is C10H13N4+. The minimum atomic E-state index is 1.00. The van der Waals surface area contributed by atoms with Crippen LogP contribution < -0.4 is 4.68 Å². The lowest BCUT2D eigenvalue weighted by Crippen LogP contribution is -2.36. The smallest absolute Gasteiger partial charge is 0.196 e. The predicted octanol–water partition coefficient (Wildman–Crippen LogP) is 0.615. The zero-order valence-corrected chi connectivity index (χ0v) is 8.60. The molecule has 2 aromatic heterocycles. The number of nitrogens with zero attached hydrogens (tertiary/aromatic N) is 4. The average molecular weight is 189 g/mol. The van der Waals surface area contributed by atoms with E-state index in [2.05, 4.69) is 20.7 Å². The van der Waals surface area contributed by atoms with Crippen LogP contribution in [0.25, 0.3) is 11.3 Å². The number of aryl methyl sites for hydroxylation is 2. The van der Waals surface area contributed by atoms with Gasteiger partial charge in [-0.3, -0.25) is 0 Å². The van der Waals surface area contributed by atoms with Crippen LogP contribution >= 0.6 is 0 Å². The Balaban J connectivity index is 2.60. The zero-order chi connectivity index (χ0) is 10.1. The molecule has 72 valence electrons. The van der Waals surface area contributed by atoms with Crippen molar-refractivity contribution in [3.8, 4) is 11.3 Å². The molecule has 0 saturated heterocycles. The molecule has 0 spiro atoms. The molecule has 0 radical (unpaired) electrons. The first-order valence-electron chi connectivity index (χ1n) is 4.49. The molecule has 2 aromatic rings. The monoisotopic (exact) mass is 189 g/mol. The highest BCUT2D eigenvalue weighted by Gasteiger charge is 2.11. The topological polar surface area (TPSA) is 34.6 Å². The molecule has 2 heterocycles. The summed E-state index contributed by atoms with van der Waals surface area (Å²) < 4.78 is 4.08. The molecule has 4 nitrogen and oxygen atoms in total.